The Kier molecular flexibility index (Phi) is 4.62. The van der Waals surface area contributed by atoms with Crippen LogP contribution < -0.4 is 15.4 Å². The Balaban J connectivity index is 2.36. The Morgan fingerprint density at radius 1 is 1.24 bits per heavy atom. The molecule has 0 aliphatic carbocycles. The molecular formula is C16H22N4O. The van der Waals surface area contributed by atoms with Crippen LogP contribution in [-0.2, 0) is 6.54 Å². The van der Waals surface area contributed by atoms with Gasteiger partial charge in [0.25, 0.3) is 0 Å². The minimum Gasteiger partial charge on any atom is -0.481 e. The quantitative estimate of drug-likeness (QED) is 0.856. The first-order chi connectivity index (χ1) is 10.0. The molecule has 0 atom stereocenters. The van der Waals surface area contributed by atoms with Gasteiger partial charge in [0.1, 0.15) is 11.6 Å². The molecule has 0 aliphatic rings. The maximum absolute atomic E-state index is 6.05. The summed E-state index contributed by atoms with van der Waals surface area (Å²) in [6.07, 6.45) is 0. The number of rotatable bonds is 5. The predicted molar refractivity (Wildman–Crippen MR) is 85.5 cm³/mol. The standard InChI is InChI=1S/C16H22N4O/c1-11(2)20(10-13-7-5-6-8-14(13)17)15-9-16(21-4)19-12(3)18-15/h5-9,11H,10,17H2,1-4H3. The van der Waals surface area contributed by atoms with Gasteiger partial charge in [-0.05, 0) is 32.4 Å². The van der Waals surface area contributed by atoms with Crippen LogP contribution in [0.2, 0.25) is 0 Å². The monoisotopic (exact) mass is 286 g/mol. The Labute approximate surface area is 125 Å². The number of ether oxygens (including phenoxy) is 1. The van der Waals surface area contributed by atoms with E-state index < -0.39 is 0 Å². The molecule has 1 aromatic heterocycles. The molecule has 21 heavy (non-hydrogen) atoms. The molecule has 0 fully saturated rings. The van der Waals surface area contributed by atoms with E-state index in [1.54, 1.807) is 7.11 Å². The van der Waals surface area contributed by atoms with Crippen LogP contribution in [0.25, 0.3) is 0 Å². The maximum Gasteiger partial charge on any atom is 0.218 e. The summed E-state index contributed by atoms with van der Waals surface area (Å²) < 4.78 is 5.24. The average molecular weight is 286 g/mol. The summed E-state index contributed by atoms with van der Waals surface area (Å²) in [4.78, 5) is 10.9. The number of hydrogen-bond acceptors (Lipinski definition) is 5. The van der Waals surface area contributed by atoms with Gasteiger partial charge in [-0.2, -0.15) is 4.98 Å². The number of nitrogens with zero attached hydrogens (tertiary/aromatic N) is 3. The normalized spacial score (nSPS) is 10.7. The highest BCUT2D eigenvalue weighted by atomic mass is 16.5. The second-order valence-corrected chi connectivity index (χ2v) is 5.24. The van der Waals surface area contributed by atoms with Gasteiger partial charge in [0.2, 0.25) is 5.88 Å². The van der Waals surface area contributed by atoms with Gasteiger partial charge in [-0.25, -0.2) is 4.98 Å². The first-order valence-electron chi connectivity index (χ1n) is 7.01. The molecule has 0 saturated heterocycles. The number of anilines is 2. The van der Waals surface area contributed by atoms with Gasteiger partial charge >= 0.3 is 0 Å². The van der Waals surface area contributed by atoms with Crippen LogP contribution in [0.4, 0.5) is 11.5 Å². The molecule has 112 valence electrons. The van der Waals surface area contributed by atoms with E-state index in [-0.39, 0.29) is 6.04 Å². The molecule has 0 bridgehead atoms. The third kappa shape index (κ3) is 3.62. The number of aromatic nitrogens is 2. The maximum atomic E-state index is 6.05. The molecule has 0 spiro atoms. The van der Waals surface area contributed by atoms with E-state index in [0.717, 1.165) is 17.1 Å². The molecule has 0 saturated carbocycles. The van der Waals surface area contributed by atoms with E-state index in [0.29, 0.717) is 18.2 Å². The van der Waals surface area contributed by atoms with Crippen molar-refractivity contribution in [2.45, 2.75) is 33.4 Å². The van der Waals surface area contributed by atoms with Crippen LogP contribution in [0.5, 0.6) is 5.88 Å². The van der Waals surface area contributed by atoms with Gasteiger partial charge in [0.15, 0.2) is 0 Å². The molecule has 1 heterocycles. The average Bonchev–Trinajstić information content (AvgIpc) is 2.45. The molecular weight excluding hydrogens is 264 g/mol. The van der Waals surface area contributed by atoms with Gasteiger partial charge in [0.05, 0.1) is 7.11 Å². The smallest absolute Gasteiger partial charge is 0.218 e. The summed E-state index contributed by atoms with van der Waals surface area (Å²) >= 11 is 0. The molecule has 0 radical (unpaired) electrons. The van der Waals surface area contributed by atoms with Gasteiger partial charge in [0, 0.05) is 24.3 Å². The minimum absolute atomic E-state index is 0.281. The predicted octanol–water partition coefficient (Wildman–Crippen LogP) is 2.79. The molecule has 0 unspecified atom stereocenters. The van der Waals surface area contributed by atoms with E-state index in [1.165, 1.54) is 0 Å². The second-order valence-electron chi connectivity index (χ2n) is 5.24. The van der Waals surface area contributed by atoms with Gasteiger partial charge in [-0.3, -0.25) is 0 Å². The summed E-state index contributed by atoms with van der Waals surface area (Å²) in [5, 5.41) is 0. The zero-order valence-electron chi connectivity index (χ0n) is 13.0. The summed E-state index contributed by atoms with van der Waals surface area (Å²) in [6.45, 7) is 6.82. The lowest BCUT2D eigenvalue weighted by molar-refractivity contribution is 0.395. The lowest BCUT2D eigenvalue weighted by Gasteiger charge is -2.28. The van der Waals surface area contributed by atoms with Gasteiger partial charge in [-0.15, -0.1) is 0 Å². The molecule has 0 aliphatic heterocycles. The fourth-order valence-corrected chi connectivity index (χ4v) is 2.17. The van der Waals surface area contributed by atoms with Crippen LogP contribution in [0.3, 0.4) is 0 Å². The Morgan fingerprint density at radius 2 is 1.95 bits per heavy atom. The number of nitrogens with two attached hydrogens (primary N) is 1. The highest BCUT2D eigenvalue weighted by molar-refractivity contribution is 5.50. The summed E-state index contributed by atoms with van der Waals surface area (Å²) in [5.74, 6) is 2.11. The molecule has 2 rings (SSSR count). The molecule has 2 aromatic rings. The van der Waals surface area contributed by atoms with Gasteiger partial charge < -0.3 is 15.4 Å². The Bertz CT molecular complexity index is 613. The van der Waals surface area contributed by atoms with Crippen LogP contribution in [0, 0.1) is 6.92 Å². The lowest BCUT2D eigenvalue weighted by Crippen LogP contribution is -2.31. The fourth-order valence-electron chi connectivity index (χ4n) is 2.17. The van der Waals surface area contributed by atoms with Crippen LogP contribution in [-0.4, -0.2) is 23.1 Å². The first kappa shape index (κ1) is 15.1. The molecule has 5 nitrogen and oxygen atoms in total. The highest BCUT2D eigenvalue weighted by Gasteiger charge is 2.15. The van der Waals surface area contributed by atoms with E-state index in [1.807, 2.05) is 37.3 Å². The summed E-state index contributed by atoms with van der Waals surface area (Å²) in [6, 6.07) is 10.0. The SMILES string of the molecule is COc1cc(N(Cc2ccccc2N)C(C)C)nc(C)n1. The van der Waals surface area contributed by atoms with Crippen molar-refractivity contribution in [2.75, 3.05) is 17.7 Å². The zero-order valence-corrected chi connectivity index (χ0v) is 13.0. The van der Waals surface area contributed by atoms with E-state index >= 15 is 0 Å². The van der Waals surface area contributed by atoms with Crippen LogP contribution in [0.1, 0.15) is 25.2 Å². The van der Waals surface area contributed by atoms with Crippen molar-refractivity contribution >= 4 is 11.5 Å². The van der Waals surface area contributed by atoms with Crippen molar-refractivity contribution in [3.63, 3.8) is 0 Å². The zero-order chi connectivity index (χ0) is 15.4. The number of aryl methyl sites for hydroxylation is 1. The Hall–Kier alpha value is -2.30. The number of methoxy groups -OCH3 is 1. The van der Waals surface area contributed by atoms with E-state index in [4.69, 9.17) is 10.5 Å². The minimum atomic E-state index is 0.281. The molecule has 0 amide bonds. The number of nitrogen functional groups attached to an aromatic ring is 1. The summed E-state index contributed by atoms with van der Waals surface area (Å²) in [7, 11) is 1.61. The number of benzene rings is 1. The fraction of sp³-hybridized carbons (Fsp3) is 0.375. The van der Waals surface area contributed by atoms with Crippen molar-refractivity contribution in [1.29, 1.82) is 0 Å². The number of hydrogen-bond donors (Lipinski definition) is 1. The van der Waals surface area contributed by atoms with Crippen molar-refractivity contribution in [3.05, 3.63) is 41.7 Å². The topological polar surface area (TPSA) is 64.3 Å². The van der Waals surface area contributed by atoms with Crippen LogP contribution in [0.15, 0.2) is 30.3 Å². The molecule has 5 heteroatoms. The third-order valence-electron chi connectivity index (χ3n) is 3.32. The lowest BCUT2D eigenvalue weighted by atomic mass is 10.1. The van der Waals surface area contributed by atoms with Gasteiger partial charge in [-0.1, -0.05) is 18.2 Å². The highest BCUT2D eigenvalue weighted by Crippen LogP contribution is 2.23. The first-order valence-corrected chi connectivity index (χ1v) is 7.01. The molecule has 2 N–H and O–H groups in total. The van der Waals surface area contributed by atoms with Crippen molar-refractivity contribution < 1.29 is 4.74 Å². The number of para-hydroxylation sites is 1. The van der Waals surface area contributed by atoms with E-state index in [2.05, 4.69) is 28.7 Å². The van der Waals surface area contributed by atoms with Crippen molar-refractivity contribution in [2.24, 2.45) is 0 Å². The van der Waals surface area contributed by atoms with Crippen LogP contribution >= 0.6 is 0 Å². The Morgan fingerprint density at radius 3 is 2.57 bits per heavy atom. The molecule has 1 aromatic carbocycles. The van der Waals surface area contributed by atoms with Crippen molar-refractivity contribution in [1.82, 2.24) is 9.97 Å². The third-order valence-corrected chi connectivity index (χ3v) is 3.32. The van der Waals surface area contributed by atoms with Crippen molar-refractivity contribution in [3.8, 4) is 5.88 Å². The van der Waals surface area contributed by atoms with E-state index in [9.17, 15) is 0 Å². The second kappa shape index (κ2) is 6.43. The summed E-state index contributed by atoms with van der Waals surface area (Å²) in [5.41, 5.74) is 7.93. The largest absolute Gasteiger partial charge is 0.481 e.